The largest absolute Gasteiger partial charge is 0.494 e. The van der Waals surface area contributed by atoms with E-state index in [0.29, 0.717) is 20.7 Å². The van der Waals surface area contributed by atoms with Crippen LogP contribution in [0.1, 0.15) is 0 Å². The molecule has 99 valence electrons. The molecular formula is C14H17BNO2S. The maximum atomic E-state index is 5.61. The summed E-state index contributed by atoms with van der Waals surface area (Å²) in [6.45, 7) is 5.60. The van der Waals surface area contributed by atoms with Crippen LogP contribution in [0.15, 0.2) is 41.8 Å². The predicted molar refractivity (Wildman–Crippen MR) is 82.8 cm³/mol. The van der Waals surface area contributed by atoms with Crippen molar-refractivity contribution in [2.45, 2.75) is 0 Å². The molecular weight excluding hydrogens is 257 g/mol. The van der Waals surface area contributed by atoms with Gasteiger partial charge in [-0.25, -0.2) is 0 Å². The Kier molecular flexibility index (Phi) is 5.78. The van der Waals surface area contributed by atoms with Gasteiger partial charge in [-0.2, -0.15) is 0 Å². The van der Waals surface area contributed by atoms with Crippen molar-refractivity contribution in [1.82, 2.24) is 0 Å². The number of hydrogen-bond acceptors (Lipinski definition) is 4. The van der Waals surface area contributed by atoms with Gasteiger partial charge < -0.3 is 14.7 Å². The summed E-state index contributed by atoms with van der Waals surface area (Å²) >= 11 is 1.70. The third kappa shape index (κ3) is 4.97. The Hall–Kier alpha value is -1.46. The first-order chi connectivity index (χ1) is 9.38. The number of rotatable bonds is 8. The molecule has 0 saturated heterocycles. The SMILES string of the molecule is [CH2]COc1ccc(BOCCNc2cccs2)cc1. The van der Waals surface area contributed by atoms with E-state index in [9.17, 15) is 0 Å². The van der Waals surface area contributed by atoms with Crippen LogP contribution < -0.4 is 15.5 Å². The van der Waals surface area contributed by atoms with Gasteiger partial charge in [0.2, 0.25) is 0 Å². The summed E-state index contributed by atoms with van der Waals surface area (Å²) in [5.41, 5.74) is 1.15. The van der Waals surface area contributed by atoms with E-state index in [1.54, 1.807) is 11.3 Å². The molecule has 19 heavy (non-hydrogen) atoms. The molecule has 2 aromatic rings. The molecule has 1 aromatic heterocycles. The molecule has 1 heterocycles. The first-order valence-corrected chi connectivity index (χ1v) is 7.12. The van der Waals surface area contributed by atoms with Crippen molar-refractivity contribution in [3.05, 3.63) is 48.7 Å². The van der Waals surface area contributed by atoms with Gasteiger partial charge in [0.1, 0.15) is 5.75 Å². The second-order valence-electron chi connectivity index (χ2n) is 3.95. The summed E-state index contributed by atoms with van der Waals surface area (Å²) in [7, 11) is 0.622. The molecule has 0 saturated carbocycles. The Morgan fingerprint density at radius 2 is 2.05 bits per heavy atom. The fourth-order valence-electron chi connectivity index (χ4n) is 1.62. The van der Waals surface area contributed by atoms with Crippen molar-refractivity contribution in [2.75, 3.05) is 25.1 Å². The van der Waals surface area contributed by atoms with Crippen LogP contribution in [0, 0.1) is 6.92 Å². The number of thiophene rings is 1. The molecule has 1 N–H and O–H groups in total. The Balaban J connectivity index is 1.62. The number of nitrogens with one attached hydrogen (secondary N) is 1. The smallest absolute Gasteiger partial charge is 0.308 e. The van der Waals surface area contributed by atoms with E-state index in [4.69, 9.17) is 9.39 Å². The van der Waals surface area contributed by atoms with Crippen LogP contribution in [-0.2, 0) is 4.65 Å². The zero-order valence-corrected chi connectivity index (χ0v) is 11.6. The first kappa shape index (κ1) is 14.0. The standard InChI is InChI=1S/C14H17BNO2S/c1-2-17-13-7-5-12(6-8-13)15-18-10-9-16-14-4-3-11-19-14/h3-8,11,15-16H,1-2,9-10H2. The van der Waals surface area contributed by atoms with Gasteiger partial charge >= 0.3 is 7.48 Å². The van der Waals surface area contributed by atoms with Crippen molar-refractivity contribution >= 4 is 29.3 Å². The van der Waals surface area contributed by atoms with Crippen molar-refractivity contribution in [3.63, 3.8) is 0 Å². The average Bonchev–Trinajstić information content (AvgIpc) is 2.94. The summed E-state index contributed by atoms with van der Waals surface area (Å²) in [4.78, 5) is 0. The van der Waals surface area contributed by atoms with E-state index < -0.39 is 0 Å². The molecule has 3 nitrogen and oxygen atoms in total. The van der Waals surface area contributed by atoms with E-state index in [2.05, 4.69) is 23.7 Å². The second-order valence-corrected chi connectivity index (χ2v) is 4.90. The van der Waals surface area contributed by atoms with Crippen molar-refractivity contribution in [2.24, 2.45) is 0 Å². The molecule has 0 amide bonds. The Morgan fingerprint density at radius 1 is 1.21 bits per heavy atom. The normalized spacial score (nSPS) is 10.2. The fourth-order valence-corrected chi connectivity index (χ4v) is 2.26. The lowest BCUT2D eigenvalue weighted by atomic mass is 9.88. The third-order valence-electron chi connectivity index (χ3n) is 2.53. The minimum atomic E-state index is 0.449. The van der Waals surface area contributed by atoms with E-state index in [1.165, 1.54) is 5.00 Å². The zero-order valence-electron chi connectivity index (χ0n) is 10.8. The van der Waals surface area contributed by atoms with Crippen LogP contribution >= 0.6 is 11.3 Å². The number of ether oxygens (including phenoxy) is 1. The quantitative estimate of drug-likeness (QED) is 0.590. The number of benzene rings is 1. The van der Waals surface area contributed by atoms with Crippen LogP contribution in [0.3, 0.4) is 0 Å². The molecule has 0 atom stereocenters. The van der Waals surface area contributed by atoms with E-state index in [-0.39, 0.29) is 0 Å². The summed E-state index contributed by atoms with van der Waals surface area (Å²) in [6.07, 6.45) is 0. The van der Waals surface area contributed by atoms with Gasteiger partial charge in [0.15, 0.2) is 0 Å². The Labute approximate surface area is 118 Å². The number of anilines is 1. The monoisotopic (exact) mass is 274 g/mol. The predicted octanol–water partition coefficient (Wildman–Crippen LogP) is 2.07. The molecule has 0 aliphatic heterocycles. The van der Waals surface area contributed by atoms with Crippen LogP contribution in [0.25, 0.3) is 0 Å². The van der Waals surface area contributed by atoms with Gasteiger partial charge in [0, 0.05) is 13.2 Å². The molecule has 0 bridgehead atoms. The van der Waals surface area contributed by atoms with Crippen LogP contribution in [0.5, 0.6) is 5.75 Å². The van der Waals surface area contributed by atoms with Crippen LogP contribution in [0.4, 0.5) is 5.00 Å². The van der Waals surface area contributed by atoms with Crippen LogP contribution in [-0.4, -0.2) is 27.2 Å². The molecule has 2 rings (SSSR count). The summed E-state index contributed by atoms with van der Waals surface area (Å²) < 4.78 is 10.9. The van der Waals surface area contributed by atoms with Crippen molar-refractivity contribution in [3.8, 4) is 5.75 Å². The third-order valence-corrected chi connectivity index (χ3v) is 3.36. The van der Waals surface area contributed by atoms with Gasteiger partial charge in [-0.05, 0) is 36.6 Å². The average molecular weight is 274 g/mol. The summed E-state index contributed by atoms with van der Waals surface area (Å²) in [5.74, 6) is 0.845. The van der Waals surface area contributed by atoms with Crippen LogP contribution in [0.2, 0.25) is 0 Å². The van der Waals surface area contributed by atoms with E-state index >= 15 is 0 Å². The topological polar surface area (TPSA) is 30.5 Å². The lowest BCUT2D eigenvalue weighted by molar-refractivity contribution is 0.358. The molecule has 0 aliphatic carbocycles. The minimum absolute atomic E-state index is 0.449. The maximum absolute atomic E-state index is 5.61. The summed E-state index contributed by atoms with van der Waals surface area (Å²) in [5, 5.41) is 6.54. The molecule has 1 aromatic carbocycles. The lowest BCUT2D eigenvalue weighted by Gasteiger charge is -2.06. The number of hydrogen-bond donors (Lipinski definition) is 1. The second kappa shape index (κ2) is 7.87. The Bertz CT molecular complexity index is 459. The molecule has 0 spiro atoms. The Morgan fingerprint density at radius 3 is 2.74 bits per heavy atom. The van der Waals surface area contributed by atoms with Gasteiger partial charge in [0.25, 0.3) is 0 Å². The highest BCUT2D eigenvalue weighted by Crippen LogP contribution is 2.13. The highest BCUT2D eigenvalue weighted by molar-refractivity contribution is 7.14. The highest BCUT2D eigenvalue weighted by Gasteiger charge is 1.98. The first-order valence-electron chi connectivity index (χ1n) is 6.24. The van der Waals surface area contributed by atoms with Gasteiger partial charge in [0.05, 0.1) is 11.6 Å². The highest BCUT2D eigenvalue weighted by atomic mass is 32.1. The van der Waals surface area contributed by atoms with Gasteiger partial charge in [-0.15, -0.1) is 11.3 Å². The van der Waals surface area contributed by atoms with Crippen molar-refractivity contribution < 1.29 is 9.39 Å². The van der Waals surface area contributed by atoms with Crippen molar-refractivity contribution in [1.29, 1.82) is 0 Å². The molecule has 5 heteroatoms. The molecule has 0 fully saturated rings. The lowest BCUT2D eigenvalue weighted by Crippen LogP contribution is -2.20. The molecule has 0 unspecified atom stereocenters. The van der Waals surface area contributed by atoms with Gasteiger partial charge in [-0.1, -0.05) is 17.6 Å². The minimum Gasteiger partial charge on any atom is -0.494 e. The fraction of sp³-hybridized carbons (Fsp3) is 0.214. The van der Waals surface area contributed by atoms with Gasteiger partial charge in [-0.3, -0.25) is 0 Å². The maximum Gasteiger partial charge on any atom is 0.308 e. The van der Waals surface area contributed by atoms with E-state index in [0.717, 1.165) is 17.8 Å². The summed E-state index contributed by atoms with van der Waals surface area (Å²) in [6, 6.07) is 12.0. The zero-order chi connectivity index (χ0) is 13.3. The molecule has 1 radical (unpaired) electrons. The van der Waals surface area contributed by atoms with E-state index in [1.807, 2.05) is 30.3 Å². The molecule has 0 aliphatic rings.